The van der Waals surface area contributed by atoms with Crippen LogP contribution in [0.15, 0.2) is 28.8 Å². The van der Waals surface area contributed by atoms with Gasteiger partial charge in [-0.1, -0.05) is 17.3 Å². The zero-order valence-corrected chi connectivity index (χ0v) is 13.1. The summed E-state index contributed by atoms with van der Waals surface area (Å²) < 4.78 is 10.8. The van der Waals surface area contributed by atoms with E-state index in [0.717, 1.165) is 36.4 Å². The van der Waals surface area contributed by atoms with Gasteiger partial charge in [-0.2, -0.15) is 4.98 Å². The number of benzene rings is 1. The third-order valence-electron chi connectivity index (χ3n) is 3.94. The summed E-state index contributed by atoms with van der Waals surface area (Å²) in [6.07, 6.45) is 2.48. The van der Waals surface area contributed by atoms with Crippen molar-refractivity contribution in [2.75, 3.05) is 13.2 Å². The number of hydrogen-bond acceptors (Lipinski definition) is 5. The molecule has 2 aromatic rings. The molecule has 0 aliphatic carbocycles. The van der Waals surface area contributed by atoms with Crippen LogP contribution in [-0.2, 0) is 11.2 Å². The van der Waals surface area contributed by atoms with Crippen LogP contribution in [0.3, 0.4) is 0 Å². The van der Waals surface area contributed by atoms with Crippen molar-refractivity contribution in [3.8, 4) is 11.5 Å². The Labute approximate surface area is 130 Å². The fraction of sp³-hybridized carbons (Fsp3) is 0.529. The summed E-state index contributed by atoms with van der Waals surface area (Å²) in [5.41, 5.74) is 1.42. The predicted octanol–water partition coefficient (Wildman–Crippen LogP) is 2.94. The minimum absolute atomic E-state index is 0.246. The highest BCUT2D eigenvalue weighted by molar-refractivity contribution is 5.54. The van der Waals surface area contributed by atoms with Gasteiger partial charge >= 0.3 is 0 Å². The first-order valence-corrected chi connectivity index (χ1v) is 7.74. The number of nitrogens with zero attached hydrogens (tertiary/aromatic N) is 2. The maximum absolute atomic E-state index is 9.84. The summed E-state index contributed by atoms with van der Waals surface area (Å²) in [6, 6.07) is 8.05. The second-order valence-electron chi connectivity index (χ2n) is 6.53. The summed E-state index contributed by atoms with van der Waals surface area (Å²) >= 11 is 0. The highest BCUT2D eigenvalue weighted by Gasteiger charge is 2.23. The number of aryl methyl sites for hydroxylation is 1. The second-order valence-corrected chi connectivity index (χ2v) is 6.53. The number of aromatic nitrogens is 2. The SMILES string of the molecule is CC(C)(O)CCc1cccc(-c2nc(C3CCOC3)no2)c1. The van der Waals surface area contributed by atoms with Gasteiger partial charge in [0.2, 0.25) is 0 Å². The molecule has 5 nitrogen and oxygen atoms in total. The molecule has 0 radical (unpaired) electrons. The highest BCUT2D eigenvalue weighted by Crippen LogP contribution is 2.26. The molecule has 1 fully saturated rings. The fourth-order valence-corrected chi connectivity index (χ4v) is 2.57. The summed E-state index contributed by atoms with van der Waals surface area (Å²) in [5.74, 6) is 1.53. The normalized spacial score (nSPS) is 18.8. The number of ether oxygens (including phenoxy) is 1. The molecule has 0 spiro atoms. The van der Waals surface area contributed by atoms with E-state index >= 15 is 0 Å². The molecule has 0 saturated carbocycles. The Morgan fingerprint density at radius 3 is 2.95 bits per heavy atom. The lowest BCUT2D eigenvalue weighted by Gasteiger charge is -2.16. The fourth-order valence-electron chi connectivity index (χ4n) is 2.57. The van der Waals surface area contributed by atoms with Crippen LogP contribution >= 0.6 is 0 Å². The summed E-state index contributed by atoms with van der Waals surface area (Å²) in [7, 11) is 0. The molecule has 1 unspecified atom stereocenters. The number of aliphatic hydroxyl groups is 1. The number of rotatable bonds is 5. The van der Waals surface area contributed by atoms with E-state index in [4.69, 9.17) is 9.26 Å². The van der Waals surface area contributed by atoms with Crippen molar-refractivity contribution in [1.82, 2.24) is 10.1 Å². The molecular formula is C17H22N2O3. The van der Waals surface area contributed by atoms with Crippen molar-refractivity contribution in [1.29, 1.82) is 0 Å². The van der Waals surface area contributed by atoms with Crippen molar-refractivity contribution in [2.45, 2.75) is 44.6 Å². The molecule has 3 rings (SSSR count). The summed E-state index contributed by atoms with van der Waals surface area (Å²) in [6.45, 7) is 5.08. The molecule has 5 heteroatoms. The van der Waals surface area contributed by atoms with Gasteiger partial charge in [0, 0.05) is 18.1 Å². The average Bonchev–Trinajstić information content (AvgIpc) is 3.15. The Hall–Kier alpha value is -1.72. The Morgan fingerprint density at radius 2 is 2.23 bits per heavy atom. The van der Waals surface area contributed by atoms with Crippen molar-refractivity contribution in [3.63, 3.8) is 0 Å². The monoisotopic (exact) mass is 302 g/mol. The number of hydrogen-bond donors (Lipinski definition) is 1. The van der Waals surface area contributed by atoms with Crippen LogP contribution in [0.5, 0.6) is 0 Å². The van der Waals surface area contributed by atoms with Gasteiger partial charge in [-0.15, -0.1) is 0 Å². The Kier molecular flexibility index (Phi) is 4.27. The zero-order chi connectivity index (χ0) is 15.6. The molecule has 118 valence electrons. The molecule has 0 bridgehead atoms. The first-order chi connectivity index (χ1) is 10.5. The molecule has 0 amide bonds. The van der Waals surface area contributed by atoms with E-state index in [-0.39, 0.29) is 5.92 Å². The summed E-state index contributed by atoms with van der Waals surface area (Å²) in [4.78, 5) is 4.51. The zero-order valence-electron chi connectivity index (χ0n) is 13.1. The summed E-state index contributed by atoms with van der Waals surface area (Å²) in [5, 5.41) is 13.9. The van der Waals surface area contributed by atoms with Crippen LogP contribution in [0.2, 0.25) is 0 Å². The molecule has 2 heterocycles. The van der Waals surface area contributed by atoms with Crippen LogP contribution in [0.4, 0.5) is 0 Å². The molecule has 1 atom stereocenters. The van der Waals surface area contributed by atoms with Crippen molar-refractivity contribution < 1.29 is 14.4 Å². The van der Waals surface area contributed by atoms with Gasteiger partial charge in [0.1, 0.15) is 0 Å². The largest absolute Gasteiger partial charge is 0.390 e. The first-order valence-electron chi connectivity index (χ1n) is 7.74. The Balaban J connectivity index is 1.74. The Morgan fingerprint density at radius 1 is 1.36 bits per heavy atom. The standard InChI is InChI=1S/C17H22N2O3/c1-17(2,20)8-6-12-4-3-5-13(10-12)16-18-15(19-22-16)14-7-9-21-11-14/h3-5,10,14,20H,6-9,11H2,1-2H3. The van der Waals surface area contributed by atoms with Crippen LogP contribution in [0, 0.1) is 0 Å². The van der Waals surface area contributed by atoms with Crippen LogP contribution in [0.25, 0.3) is 11.5 Å². The van der Waals surface area contributed by atoms with Crippen molar-refractivity contribution >= 4 is 0 Å². The molecule has 22 heavy (non-hydrogen) atoms. The van der Waals surface area contributed by atoms with Gasteiger partial charge in [0.15, 0.2) is 5.82 Å². The smallest absolute Gasteiger partial charge is 0.257 e. The van der Waals surface area contributed by atoms with E-state index in [2.05, 4.69) is 16.2 Å². The molecular weight excluding hydrogens is 280 g/mol. The van der Waals surface area contributed by atoms with E-state index < -0.39 is 5.60 Å². The third kappa shape index (κ3) is 3.72. The lowest BCUT2D eigenvalue weighted by molar-refractivity contribution is 0.0714. The molecule has 1 aromatic carbocycles. The molecule has 1 aliphatic heterocycles. The molecule has 1 aliphatic rings. The van der Waals surface area contributed by atoms with E-state index in [1.165, 1.54) is 0 Å². The van der Waals surface area contributed by atoms with Crippen LogP contribution in [0.1, 0.15) is 44.0 Å². The second kappa shape index (κ2) is 6.18. The maximum atomic E-state index is 9.84. The maximum Gasteiger partial charge on any atom is 0.257 e. The van der Waals surface area contributed by atoms with Gasteiger partial charge in [-0.25, -0.2) is 0 Å². The predicted molar refractivity (Wildman–Crippen MR) is 82.5 cm³/mol. The third-order valence-corrected chi connectivity index (χ3v) is 3.94. The topological polar surface area (TPSA) is 68.4 Å². The lowest BCUT2D eigenvalue weighted by Crippen LogP contribution is -2.19. The van der Waals surface area contributed by atoms with E-state index in [0.29, 0.717) is 18.9 Å². The van der Waals surface area contributed by atoms with Crippen LogP contribution < -0.4 is 0 Å². The first kappa shape index (κ1) is 15.2. The van der Waals surface area contributed by atoms with Crippen LogP contribution in [-0.4, -0.2) is 34.1 Å². The van der Waals surface area contributed by atoms with Gasteiger partial charge < -0.3 is 14.4 Å². The van der Waals surface area contributed by atoms with E-state index in [1.807, 2.05) is 32.0 Å². The van der Waals surface area contributed by atoms with E-state index in [1.54, 1.807) is 0 Å². The highest BCUT2D eigenvalue weighted by atomic mass is 16.5. The lowest BCUT2D eigenvalue weighted by atomic mass is 9.98. The average molecular weight is 302 g/mol. The van der Waals surface area contributed by atoms with E-state index in [9.17, 15) is 5.11 Å². The minimum Gasteiger partial charge on any atom is -0.390 e. The minimum atomic E-state index is -0.657. The van der Waals surface area contributed by atoms with Crippen molar-refractivity contribution in [3.05, 3.63) is 35.7 Å². The quantitative estimate of drug-likeness (QED) is 0.919. The molecule has 1 saturated heterocycles. The Bertz CT molecular complexity index is 625. The van der Waals surface area contributed by atoms with Gasteiger partial charge in [0.05, 0.1) is 12.2 Å². The molecule has 1 aromatic heterocycles. The molecule has 1 N–H and O–H groups in total. The van der Waals surface area contributed by atoms with Gasteiger partial charge in [-0.3, -0.25) is 0 Å². The van der Waals surface area contributed by atoms with Gasteiger partial charge in [0.25, 0.3) is 5.89 Å². The van der Waals surface area contributed by atoms with Gasteiger partial charge in [-0.05, 0) is 50.8 Å². The van der Waals surface area contributed by atoms with Crippen molar-refractivity contribution in [2.24, 2.45) is 0 Å².